The van der Waals surface area contributed by atoms with E-state index in [0.29, 0.717) is 11.6 Å². The third-order valence-corrected chi connectivity index (χ3v) is 3.55. The Morgan fingerprint density at radius 3 is 2.95 bits per heavy atom. The van der Waals surface area contributed by atoms with Gasteiger partial charge in [-0.05, 0) is 30.7 Å². The van der Waals surface area contributed by atoms with Crippen LogP contribution in [0.4, 0.5) is 0 Å². The third-order valence-electron chi connectivity index (χ3n) is 3.32. The molecule has 0 aliphatic heterocycles. The van der Waals surface area contributed by atoms with Gasteiger partial charge in [-0.2, -0.15) is 0 Å². The van der Waals surface area contributed by atoms with Crippen LogP contribution < -0.4 is 0 Å². The molecular formula is C16H16ClN3O. The fourth-order valence-electron chi connectivity index (χ4n) is 2.39. The summed E-state index contributed by atoms with van der Waals surface area (Å²) in [6.07, 6.45) is 2.70. The van der Waals surface area contributed by atoms with Gasteiger partial charge in [0.25, 0.3) is 0 Å². The fourth-order valence-corrected chi connectivity index (χ4v) is 2.58. The first kappa shape index (κ1) is 14.0. The smallest absolute Gasteiger partial charge is 0.160 e. The van der Waals surface area contributed by atoms with Gasteiger partial charge in [0, 0.05) is 37.0 Å². The Kier molecular flexibility index (Phi) is 4.18. The summed E-state index contributed by atoms with van der Waals surface area (Å²) in [5, 5.41) is 0.705. The Morgan fingerprint density at radius 1 is 1.24 bits per heavy atom. The topological polar surface area (TPSA) is 39.9 Å². The van der Waals surface area contributed by atoms with Crippen molar-refractivity contribution in [3.8, 4) is 11.4 Å². The minimum absolute atomic E-state index is 0.705. The fraction of sp³-hybridized carbons (Fsp3) is 0.250. The number of fused-ring (bicyclic) bond motifs is 1. The molecule has 3 aromatic rings. The van der Waals surface area contributed by atoms with E-state index in [-0.39, 0.29) is 0 Å². The largest absolute Gasteiger partial charge is 0.385 e. The summed E-state index contributed by atoms with van der Waals surface area (Å²) >= 11 is 6.10. The molecule has 0 radical (unpaired) electrons. The number of benzene rings is 1. The molecule has 0 fully saturated rings. The highest BCUT2D eigenvalue weighted by molar-refractivity contribution is 6.30. The zero-order valence-electron chi connectivity index (χ0n) is 11.8. The van der Waals surface area contributed by atoms with E-state index in [1.807, 2.05) is 36.4 Å². The predicted octanol–water partition coefficient (Wildman–Crippen LogP) is 3.79. The molecule has 3 rings (SSSR count). The Hall–Kier alpha value is -1.91. The number of ether oxygens (including phenoxy) is 1. The number of aryl methyl sites for hydroxylation is 1. The second kappa shape index (κ2) is 6.24. The Bertz CT molecular complexity index is 754. The van der Waals surface area contributed by atoms with Crippen LogP contribution in [-0.2, 0) is 11.3 Å². The highest BCUT2D eigenvalue weighted by Gasteiger charge is 2.13. The van der Waals surface area contributed by atoms with Gasteiger partial charge < -0.3 is 9.30 Å². The first-order valence-electron chi connectivity index (χ1n) is 6.86. The molecule has 0 saturated heterocycles. The zero-order valence-corrected chi connectivity index (χ0v) is 12.5. The van der Waals surface area contributed by atoms with E-state index < -0.39 is 0 Å². The van der Waals surface area contributed by atoms with Crippen LogP contribution in [0, 0.1) is 0 Å². The van der Waals surface area contributed by atoms with Crippen molar-refractivity contribution in [2.75, 3.05) is 13.7 Å². The molecule has 21 heavy (non-hydrogen) atoms. The van der Waals surface area contributed by atoms with Crippen LogP contribution in [0.2, 0.25) is 5.02 Å². The molecule has 0 amide bonds. The summed E-state index contributed by atoms with van der Waals surface area (Å²) in [5.74, 6) is 0.891. The molecule has 2 aromatic heterocycles. The average molecular weight is 302 g/mol. The van der Waals surface area contributed by atoms with E-state index in [9.17, 15) is 0 Å². The van der Waals surface area contributed by atoms with Crippen molar-refractivity contribution in [3.63, 3.8) is 0 Å². The number of rotatable bonds is 5. The van der Waals surface area contributed by atoms with E-state index in [1.54, 1.807) is 13.3 Å². The Balaban J connectivity index is 2.09. The maximum Gasteiger partial charge on any atom is 0.160 e. The quantitative estimate of drug-likeness (QED) is 0.673. The van der Waals surface area contributed by atoms with E-state index in [1.165, 1.54) is 0 Å². The molecule has 108 valence electrons. The third kappa shape index (κ3) is 2.91. The van der Waals surface area contributed by atoms with Crippen molar-refractivity contribution in [1.29, 1.82) is 0 Å². The number of aromatic nitrogens is 3. The van der Waals surface area contributed by atoms with Crippen LogP contribution in [-0.4, -0.2) is 28.3 Å². The van der Waals surface area contributed by atoms with E-state index >= 15 is 0 Å². The second-order valence-electron chi connectivity index (χ2n) is 4.79. The average Bonchev–Trinajstić information content (AvgIpc) is 2.87. The van der Waals surface area contributed by atoms with E-state index in [2.05, 4.69) is 9.55 Å². The van der Waals surface area contributed by atoms with Crippen molar-refractivity contribution < 1.29 is 4.74 Å². The molecule has 0 unspecified atom stereocenters. The van der Waals surface area contributed by atoms with Gasteiger partial charge in [-0.3, -0.25) is 0 Å². The summed E-state index contributed by atoms with van der Waals surface area (Å²) in [7, 11) is 1.71. The molecule has 5 heteroatoms. The van der Waals surface area contributed by atoms with Crippen LogP contribution in [0.5, 0.6) is 0 Å². The first-order valence-corrected chi connectivity index (χ1v) is 7.23. The van der Waals surface area contributed by atoms with Crippen molar-refractivity contribution >= 4 is 22.8 Å². The van der Waals surface area contributed by atoms with Crippen LogP contribution >= 0.6 is 11.6 Å². The van der Waals surface area contributed by atoms with Crippen molar-refractivity contribution in [1.82, 2.24) is 14.5 Å². The van der Waals surface area contributed by atoms with Crippen molar-refractivity contribution in [2.45, 2.75) is 13.0 Å². The first-order chi connectivity index (χ1) is 10.3. The normalized spacial score (nSPS) is 11.1. The molecule has 0 saturated carbocycles. The second-order valence-corrected chi connectivity index (χ2v) is 5.23. The van der Waals surface area contributed by atoms with Crippen LogP contribution in [0.1, 0.15) is 6.42 Å². The van der Waals surface area contributed by atoms with Gasteiger partial charge in [0.2, 0.25) is 0 Å². The molecule has 0 atom stereocenters. The Labute approximate surface area is 128 Å². The molecule has 0 spiro atoms. The number of hydrogen-bond acceptors (Lipinski definition) is 3. The monoisotopic (exact) mass is 301 g/mol. The lowest BCUT2D eigenvalue weighted by Gasteiger charge is -2.08. The van der Waals surface area contributed by atoms with Crippen LogP contribution in [0.15, 0.2) is 42.6 Å². The van der Waals surface area contributed by atoms with Gasteiger partial charge >= 0.3 is 0 Å². The minimum Gasteiger partial charge on any atom is -0.385 e. The number of nitrogens with zero attached hydrogens (tertiary/aromatic N) is 3. The van der Waals surface area contributed by atoms with Gasteiger partial charge in [0.15, 0.2) is 5.65 Å². The summed E-state index contributed by atoms with van der Waals surface area (Å²) in [5.41, 5.74) is 2.78. The standard InChI is InChI=1S/C16H16ClN3O/c1-21-10-4-9-20-15(12-5-2-6-13(17)11-12)19-14-7-3-8-18-16(14)20/h2-3,5-8,11H,4,9-10H2,1H3. The minimum atomic E-state index is 0.705. The molecular weight excluding hydrogens is 286 g/mol. The molecule has 0 aliphatic carbocycles. The SMILES string of the molecule is COCCCn1c(-c2cccc(Cl)c2)nc2cccnc21. The number of imidazole rings is 1. The molecule has 2 heterocycles. The van der Waals surface area contributed by atoms with E-state index in [4.69, 9.17) is 21.3 Å². The molecule has 0 aliphatic rings. The van der Waals surface area contributed by atoms with Gasteiger partial charge in [0.1, 0.15) is 11.3 Å². The maximum atomic E-state index is 6.10. The molecule has 0 N–H and O–H groups in total. The lowest BCUT2D eigenvalue weighted by Crippen LogP contribution is -2.04. The number of halogens is 1. The lowest BCUT2D eigenvalue weighted by atomic mass is 10.2. The summed E-state index contributed by atoms with van der Waals surface area (Å²) in [6, 6.07) is 11.6. The van der Waals surface area contributed by atoms with Crippen molar-refractivity contribution in [3.05, 3.63) is 47.6 Å². The summed E-state index contributed by atoms with van der Waals surface area (Å²) in [6.45, 7) is 1.52. The van der Waals surface area contributed by atoms with Gasteiger partial charge in [-0.1, -0.05) is 23.7 Å². The lowest BCUT2D eigenvalue weighted by molar-refractivity contribution is 0.191. The van der Waals surface area contributed by atoms with Crippen LogP contribution in [0.25, 0.3) is 22.6 Å². The summed E-state index contributed by atoms with van der Waals surface area (Å²) < 4.78 is 7.27. The van der Waals surface area contributed by atoms with Gasteiger partial charge in [-0.15, -0.1) is 0 Å². The van der Waals surface area contributed by atoms with Gasteiger partial charge in [-0.25, -0.2) is 9.97 Å². The van der Waals surface area contributed by atoms with Crippen LogP contribution in [0.3, 0.4) is 0 Å². The molecule has 1 aromatic carbocycles. The number of hydrogen-bond donors (Lipinski definition) is 0. The maximum absolute atomic E-state index is 6.10. The Morgan fingerprint density at radius 2 is 2.14 bits per heavy atom. The van der Waals surface area contributed by atoms with Gasteiger partial charge in [0.05, 0.1) is 0 Å². The van der Waals surface area contributed by atoms with Crippen molar-refractivity contribution in [2.24, 2.45) is 0 Å². The summed E-state index contributed by atoms with van der Waals surface area (Å²) in [4.78, 5) is 9.16. The zero-order chi connectivity index (χ0) is 14.7. The predicted molar refractivity (Wildman–Crippen MR) is 84.5 cm³/mol. The molecule has 0 bridgehead atoms. The molecule has 4 nitrogen and oxygen atoms in total. The highest BCUT2D eigenvalue weighted by atomic mass is 35.5. The number of pyridine rings is 1. The highest BCUT2D eigenvalue weighted by Crippen LogP contribution is 2.25. The van der Waals surface area contributed by atoms with E-state index in [0.717, 1.165) is 35.5 Å². The number of methoxy groups -OCH3 is 1.